The van der Waals surface area contributed by atoms with Gasteiger partial charge in [-0.3, -0.25) is 0 Å². The summed E-state index contributed by atoms with van der Waals surface area (Å²) in [6, 6.07) is 68.7. The monoisotopic (exact) mass is 756 g/mol. The van der Waals surface area contributed by atoms with Gasteiger partial charge in [-0.25, -0.2) is 0 Å². The third-order valence-electron chi connectivity index (χ3n) is 10.5. The van der Waals surface area contributed by atoms with Gasteiger partial charge in [0.25, 0.3) is 0 Å². The molecule has 2 nitrogen and oxygen atoms in total. The fourth-order valence-electron chi connectivity index (χ4n) is 7.99. The van der Waals surface area contributed by atoms with Crippen molar-refractivity contribution in [2.24, 2.45) is 0 Å². The Bertz CT molecular complexity index is 3160. The molecule has 11 aromatic rings. The van der Waals surface area contributed by atoms with Gasteiger partial charge in [-0.05, 0) is 114 Å². The highest BCUT2D eigenvalue weighted by Crippen LogP contribution is 2.46. The summed E-state index contributed by atoms with van der Waals surface area (Å²) in [6.07, 6.45) is 0. The summed E-state index contributed by atoms with van der Waals surface area (Å²) in [6.45, 7) is 0. The first kappa shape index (κ1) is 32.2. The first-order valence-corrected chi connectivity index (χ1v) is 20.9. The van der Waals surface area contributed by atoms with Gasteiger partial charge in [0.1, 0.15) is 0 Å². The minimum absolute atomic E-state index is 1.12. The molecular formula is C50H32N2S3. The summed E-state index contributed by atoms with van der Waals surface area (Å²) in [5, 5.41) is 8.68. The molecule has 0 aliphatic carbocycles. The summed E-state index contributed by atoms with van der Waals surface area (Å²) >= 11 is 5.52. The van der Waals surface area contributed by atoms with E-state index in [0.29, 0.717) is 0 Å². The smallest absolute Gasteiger partial charge is 0.0548 e. The topological polar surface area (TPSA) is 6.48 Å². The lowest BCUT2D eigenvalue weighted by Gasteiger charge is -2.27. The van der Waals surface area contributed by atoms with E-state index in [1.165, 1.54) is 67.2 Å². The van der Waals surface area contributed by atoms with Gasteiger partial charge >= 0.3 is 0 Å². The van der Waals surface area contributed by atoms with Crippen LogP contribution in [0.1, 0.15) is 0 Å². The fraction of sp³-hybridized carbons (Fsp3) is 0. The predicted octanol–water partition coefficient (Wildman–Crippen LogP) is 16.2. The third-order valence-corrected chi connectivity index (χ3v) is 13.8. The van der Waals surface area contributed by atoms with Gasteiger partial charge < -0.3 is 9.80 Å². The minimum Gasteiger partial charge on any atom is -0.310 e. The summed E-state index contributed by atoms with van der Waals surface area (Å²) in [5.41, 5.74) is 9.32. The molecule has 0 spiro atoms. The molecule has 0 radical (unpaired) electrons. The lowest BCUT2D eigenvalue weighted by molar-refractivity contribution is 1.29. The second-order valence-electron chi connectivity index (χ2n) is 13.7. The van der Waals surface area contributed by atoms with Crippen LogP contribution in [0.15, 0.2) is 193 Å². The van der Waals surface area contributed by atoms with Gasteiger partial charge in [-0.15, -0.1) is 34.0 Å². The summed E-state index contributed by atoms with van der Waals surface area (Å²) in [5.74, 6) is 0. The van der Waals surface area contributed by atoms with Gasteiger partial charge in [-0.2, -0.15) is 0 Å². The van der Waals surface area contributed by atoms with E-state index in [1.54, 1.807) is 0 Å². The number of nitrogens with zero attached hydrogens (tertiary/aromatic N) is 2. The number of thiophene rings is 3. The molecule has 0 unspecified atom stereocenters. The van der Waals surface area contributed by atoms with Crippen LogP contribution in [0.5, 0.6) is 0 Å². The van der Waals surface area contributed by atoms with E-state index in [-0.39, 0.29) is 0 Å². The van der Waals surface area contributed by atoms with Crippen molar-refractivity contribution in [1.82, 2.24) is 0 Å². The lowest BCUT2D eigenvalue weighted by atomic mass is 10.0. The molecule has 0 amide bonds. The van der Waals surface area contributed by atoms with E-state index >= 15 is 0 Å². The first-order chi connectivity index (χ1) is 27.3. The third kappa shape index (κ3) is 5.51. The van der Waals surface area contributed by atoms with E-state index in [0.717, 1.165) is 28.4 Å². The standard InChI is InChI=1S/C50H32N2S3/c1-3-11-34(12-4-1)51(37-23-27-48-43(31-37)40-15-7-9-17-46(40)54-48)36-21-19-33(20-22-36)39-25-26-45(42-29-30-53-50(39)42)52(35-13-5-2-6-14-35)38-24-28-49-44(32-38)41-16-8-10-18-47(41)55-49/h1-32H. The molecule has 3 aromatic heterocycles. The predicted molar refractivity (Wildman–Crippen MR) is 242 cm³/mol. The molecule has 5 heteroatoms. The van der Waals surface area contributed by atoms with Crippen molar-refractivity contribution in [3.8, 4) is 11.1 Å². The van der Waals surface area contributed by atoms with E-state index < -0.39 is 0 Å². The number of para-hydroxylation sites is 2. The fourth-order valence-corrected chi connectivity index (χ4v) is 11.1. The Labute approximate surface area is 331 Å². The molecule has 0 atom stereocenters. The molecule has 11 rings (SSSR count). The Morgan fingerprint density at radius 2 is 0.818 bits per heavy atom. The van der Waals surface area contributed by atoms with E-state index in [9.17, 15) is 0 Å². The van der Waals surface area contributed by atoms with Crippen molar-refractivity contribution in [3.63, 3.8) is 0 Å². The number of rotatable bonds is 7. The largest absolute Gasteiger partial charge is 0.310 e. The Kier molecular flexibility index (Phi) is 7.76. The first-order valence-electron chi connectivity index (χ1n) is 18.4. The maximum atomic E-state index is 2.42. The number of hydrogen-bond acceptors (Lipinski definition) is 5. The molecule has 0 fully saturated rings. The zero-order chi connectivity index (χ0) is 36.3. The molecule has 0 aliphatic rings. The zero-order valence-corrected chi connectivity index (χ0v) is 32.0. The highest BCUT2D eigenvalue weighted by atomic mass is 32.1. The Balaban J connectivity index is 1.01. The van der Waals surface area contributed by atoms with Crippen LogP contribution in [-0.4, -0.2) is 0 Å². The molecule has 3 heterocycles. The summed E-state index contributed by atoms with van der Waals surface area (Å²) in [7, 11) is 0. The van der Waals surface area contributed by atoms with Crippen molar-refractivity contribution < 1.29 is 0 Å². The van der Waals surface area contributed by atoms with Crippen molar-refractivity contribution in [2.45, 2.75) is 0 Å². The van der Waals surface area contributed by atoms with Crippen molar-refractivity contribution in [3.05, 3.63) is 193 Å². The van der Waals surface area contributed by atoms with E-state index in [1.807, 2.05) is 34.0 Å². The van der Waals surface area contributed by atoms with Gasteiger partial charge in [-0.1, -0.05) is 91.0 Å². The van der Waals surface area contributed by atoms with Crippen molar-refractivity contribution >= 4 is 119 Å². The second-order valence-corrected chi connectivity index (χ2v) is 16.8. The van der Waals surface area contributed by atoms with Gasteiger partial charge in [0, 0.05) is 78.9 Å². The van der Waals surface area contributed by atoms with Crippen LogP contribution in [0.3, 0.4) is 0 Å². The molecule has 260 valence electrons. The van der Waals surface area contributed by atoms with Crippen LogP contribution in [0.4, 0.5) is 34.1 Å². The molecular weight excluding hydrogens is 725 g/mol. The summed E-state index contributed by atoms with van der Waals surface area (Å²) in [4.78, 5) is 4.78. The average Bonchev–Trinajstić information content (AvgIpc) is 3.98. The van der Waals surface area contributed by atoms with Crippen LogP contribution in [0, 0.1) is 0 Å². The van der Waals surface area contributed by atoms with Crippen molar-refractivity contribution in [1.29, 1.82) is 0 Å². The Hall–Kier alpha value is -6.24. The SMILES string of the molecule is c1ccc(N(c2ccc(-c3ccc(N(c4ccccc4)c4ccc5sc6ccccc6c5c4)c4ccsc34)cc2)c2ccc3sc4ccccc4c3c2)cc1. The molecule has 0 saturated heterocycles. The highest BCUT2D eigenvalue weighted by Gasteiger charge is 2.20. The average molecular weight is 757 g/mol. The summed E-state index contributed by atoms with van der Waals surface area (Å²) < 4.78 is 6.54. The molecule has 0 aliphatic heterocycles. The Morgan fingerprint density at radius 3 is 1.44 bits per heavy atom. The van der Waals surface area contributed by atoms with Crippen LogP contribution in [0.2, 0.25) is 0 Å². The quantitative estimate of drug-likeness (QED) is 0.160. The van der Waals surface area contributed by atoms with Crippen LogP contribution in [0.25, 0.3) is 61.6 Å². The number of hydrogen-bond donors (Lipinski definition) is 0. The van der Waals surface area contributed by atoms with E-state index in [2.05, 4.69) is 203 Å². The lowest BCUT2D eigenvalue weighted by Crippen LogP contribution is -2.10. The van der Waals surface area contributed by atoms with Gasteiger partial charge in [0.15, 0.2) is 0 Å². The van der Waals surface area contributed by atoms with Crippen LogP contribution >= 0.6 is 34.0 Å². The number of fused-ring (bicyclic) bond motifs is 7. The van der Waals surface area contributed by atoms with Crippen LogP contribution in [-0.2, 0) is 0 Å². The highest BCUT2D eigenvalue weighted by molar-refractivity contribution is 7.26. The molecule has 0 bridgehead atoms. The minimum atomic E-state index is 1.12. The number of anilines is 6. The van der Waals surface area contributed by atoms with Gasteiger partial charge in [0.05, 0.1) is 5.69 Å². The molecule has 0 saturated carbocycles. The molecule has 8 aromatic carbocycles. The Morgan fingerprint density at radius 1 is 0.327 bits per heavy atom. The van der Waals surface area contributed by atoms with E-state index in [4.69, 9.17) is 0 Å². The zero-order valence-electron chi connectivity index (χ0n) is 29.6. The van der Waals surface area contributed by atoms with Crippen molar-refractivity contribution in [2.75, 3.05) is 9.80 Å². The molecule has 0 N–H and O–H groups in total. The maximum Gasteiger partial charge on any atom is 0.0548 e. The normalized spacial score (nSPS) is 11.6. The number of benzene rings is 8. The second kappa shape index (κ2) is 13.3. The van der Waals surface area contributed by atoms with Gasteiger partial charge in [0.2, 0.25) is 0 Å². The van der Waals surface area contributed by atoms with Crippen LogP contribution < -0.4 is 9.80 Å². The molecule has 55 heavy (non-hydrogen) atoms. The maximum absolute atomic E-state index is 2.42.